The summed E-state index contributed by atoms with van der Waals surface area (Å²) in [5.41, 5.74) is 10.4. The molecule has 3 aromatic rings. The fourth-order valence-electron chi connectivity index (χ4n) is 5.09. The third-order valence-electron chi connectivity index (χ3n) is 6.75. The molecule has 0 unspecified atom stereocenters. The van der Waals surface area contributed by atoms with Crippen LogP contribution >= 0.6 is 0 Å². The van der Waals surface area contributed by atoms with Crippen LogP contribution in [-0.4, -0.2) is 27.8 Å². The SMILES string of the molecule is CNc1cc2c(cc1[C@@H](C)n1cnc3cc4c(cc31)CCCC4)C[C@@H](O)CC2. The summed E-state index contributed by atoms with van der Waals surface area (Å²) >= 11 is 0. The molecule has 0 radical (unpaired) electrons. The van der Waals surface area contributed by atoms with Gasteiger partial charge in [0.15, 0.2) is 0 Å². The maximum Gasteiger partial charge on any atom is 0.0964 e. The van der Waals surface area contributed by atoms with E-state index < -0.39 is 0 Å². The number of benzene rings is 2. The molecule has 1 aromatic heterocycles. The molecule has 2 aromatic carbocycles. The van der Waals surface area contributed by atoms with E-state index in [2.05, 4.69) is 41.1 Å². The van der Waals surface area contributed by atoms with E-state index in [1.165, 1.54) is 64.7 Å². The number of imidazole rings is 1. The zero-order valence-electron chi connectivity index (χ0n) is 16.8. The molecule has 0 spiro atoms. The Labute approximate surface area is 166 Å². The Morgan fingerprint density at radius 1 is 1.04 bits per heavy atom. The van der Waals surface area contributed by atoms with Gasteiger partial charge in [-0.3, -0.25) is 0 Å². The van der Waals surface area contributed by atoms with Crippen molar-refractivity contribution in [3.63, 3.8) is 0 Å². The summed E-state index contributed by atoms with van der Waals surface area (Å²) in [7, 11) is 2.00. The van der Waals surface area contributed by atoms with Gasteiger partial charge >= 0.3 is 0 Å². The van der Waals surface area contributed by atoms with E-state index in [9.17, 15) is 5.11 Å². The van der Waals surface area contributed by atoms with E-state index in [-0.39, 0.29) is 12.1 Å². The molecule has 0 bridgehead atoms. The van der Waals surface area contributed by atoms with Gasteiger partial charge in [-0.15, -0.1) is 0 Å². The van der Waals surface area contributed by atoms with Gasteiger partial charge in [0.2, 0.25) is 0 Å². The highest BCUT2D eigenvalue weighted by molar-refractivity contribution is 5.78. The maximum atomic E-state index is 10.1. The molecule has 4 heteroatoms. The molecule has 146 valence electrons. The largest absolute Gasteiger partial charge is 0.393 e. The van der Waals surface area contributed by atoms with Crippen molar-refractivity contribution in [1.29, 1.82) is 0 Å². The minimum atomic E-state index is -0.211. The predicted molar refractivity (Wildman–Crippen MR) is 114 cm³/mol. The summed E-state index contributed by atoms with van der Waals surface area (Å²) in [5, 5.41) is 13.5. The first kappa shape index (κ1) is 17.7. The number of aliphatic hydroxyl groups is 1. The molecule has 0 saturated carbocycles. The minimum Gasteiger partial charge on any atom is -0.393 e. The minimum absolute atomic E-state index is 0.179. The van der Waals surface area contributed by atoms with Crippen molar-refractivity contribution in [2.24, 2.45) is 0 Å². The van der Waals surface area contributed by atoms with Crippen LogP contribution in [0.1, 0.15) is 60.0 Å². The van der Waals surface area contributed by atoms with Crippen LogP contribution in [0.15, 0.2) is 30.6 Å². The summed E-state index contributed by atoms with van der Waals surface area (Å²) in [4.78, 5) is 4.73. The Balaban J connectivity index is 1.59. The van der Waals surface area contributed by atoms with Gasteiger partial charge in [0, 0.05) is 12.7 Å². The van der Waals surface area contributed by atoms with Crippen LogP contribution < -0.4 is 5.32 Å². The fraction of sp³-hybridized carbons (Fsp3) is 0.458. The van der Waals surface area contributed by atoms with Crippen LogP contribution in [0.5, 0.6) is 0 Å². The standard InChI is InChI=1S/C24H29N3O/c1-15(21-10-19-9-20(28)8-7-18(19)11-22(21)25-2)27-14-26-23-12-16-5-3-4-6-17(16)13-24(23)27/h10-15,20,25,28H,3-9H2,1-2H3/t15-,20+/m1/s1. The van der Waals surface area contributed by atoms with Crippen LogP contribution in [0.25, 0.3) is 11.0 Å². The number of anilines is 1. The third-order valence-corrected chi connectivity index (χ3v) is 6.75. The highest BCUT2D eigenvalue weighted by Crippen LogP contribution is 2.35. The smallest absolute Gasteiger partial charge is 0.0964 e. The van der Waals surface area contributed by atoms with Crippen molar-refractivity contribution in [2.75, 3.05) is 12.4 Å². The number of hydrogen-bond acceptors (Lipinski definition) is 3. The van der Waals surface area contributed by atoms with E-state index in [1.54, 1.807) is 0 Å². The lowest BCUT2D eigenvalue weighted by molar-refractivity contribution is 0.158. The van der Waals surface area contributed by atoms with Crippen LogP contribution in [0.2, 0.25) is 0 Å². The van der Waals surface area contributed by atoms with Gasteiger partial charge in [-0.1, -0.05) is 6.07 Å². The summed E-state index contributed by atoms with van der Waals surface area (Å²) in [6.07, 6.45) is 9.32. The van der Waals surface area contributed by atoms with Crippen LogP contribution in [0, 0.1) is 0 Å². The van der Waals surface area contributed by atoms with Crippen molar-refractivity contribution >= 4 is 16.7 Å². The quantitative estimate of drug-likeness (QED) is 0.713. The topological polar surface area (TPSA) is 50.1 Å². The number of aliphatic hydroxyl groups excluding tert-OH is 1. The molecule has 0 aliphatic heterocycles. The van der Waals surface area contributed by atoms with Crippen molar-refractivity contribution < 1.29 is 5.11 Å². The molecule has 0 fully saturated rings. The summed E-state index contributed by atoms with van der Waals surface area (Å²) in [6.45, 7) is 2.25. The molecule has 28 heavy (non-hydrogen) atoms. The summed E-state index contributed by atoms with van der Waals surface area (Å²) < 4.78 is 2.31. The Morgan fingerprint density at radius 3 is 2.57 bits per heavy atom. The Hall–Kier alpha value is -2.33. The van der Waals surface area contributed by atoms with Crippen LogP contribution in [0.4, 0.5) is 5.69 Å². The van der Waals surface area contributed by atoms with E-state index >= 15 is 0 Å². The fourth-order valence-corrected chi connectivity index (χ4v) is 5.09. The zero-order valence-corrected chi connectivity index (χ0v) is 16.8. The van der Waals surface area contributed by atoms with Gasteiger partial charge in [0.25, 0.3) is 0 Å². The second-order valence-corrected chi connectivity index (χ2v) is 8.50. The van der Waals surface area contributed by atoms with Crippen molar-refractivity contribution in [3.8, 4) is 0 Å². The van der Waals surface area contributed by atoms with E-state index in [4.69, 9.17) is 4.98 Å². The molecule has 2 aliphatic rings. The van der Waals surface area contributed by atoms with Crippen molar-refractivity contribution in [2.45, 2.75) is 64.0 Å². The van der Waals surface area contributed by atoms with Gasteiger partial charge in [-0.2, -0.15) is 0 Å². The van der Waals surface area contributed by atoms with Crippen LogP contribution in [0.3, 0.4) is 0 Å². The average molecular weight is 376 g/mol. The molecule has 4 nitrogen and oxygen atoms in total. The van der Waals surface area contributed by atoms with E-state index in [0.717, 1.165) is 24.8 Å². The van der Waals surface area contributed by atoms with Gasteiger partial charge in [-0.25, -0.2) is 4.98 Å². The monoisotopic (exact) mass is 375 g/mol. The lowest BCUT2D eigenvalue weighted by atomic mass is 9.86. The second kappa shape index (κ2) is 6.93. The first-order valence-electron chi connectivity index (χ1n) is 10.6. The van der Waals surface area contributed by atoms with E-state index in [0.29, 0.717) is 0 Å². The summed E-state index contributed by atoms with van der Waals surface area (Å²) in [6, 6.07) is 9.44. The molecular weight excluding hydrogens is 346 g/mol. The predicted octanol–water partition coefficient (Wildman–Crippen LogP) is 4.42. The van der Waals surface area contributed by atoms with E-state index in [1.807, 2.05) is 13.4 Å². The lowest BCUT2D eigenvalue weighted by Gasteiger charge is -2.26. The van der Waals surface area contributed by atoms with Gasteiger partial charge < -0.3 is 15.0 Å². The Bertz CT molecular complexity index is 1040. The number of fused-ring (bicyclic) bond motifs is 3. The highest BCUT2D eigenvalue weighted by atomic mass is 16.3. The zero-order chi connectivity index (χ0) is 19.3. The third kappa shape index (κ3) is 2.91. The van der Waals surface area contributed by atoms with Crippen molar-refractivity contribution in [3.05, 3.63) is 58.4 Å². The molecule has 0 amide bonds. The first-order chi connectivity index (χ1) is 13.6. The molecule has 5 rings (SSSR count). The summed E-state index contributed by atoms with van der Waals surface area (Å²) in [5.74, 6) is 0. The molecule has 0 saturated heterocycles. The molecular formula is C24H29N3O. The highest BCUT2D eigenvalue weighted by Gasteiger charge is 2.22. The van der Waals surface area contributed by atoms with Crippen LogP contribution in [-0.2, 0) is 25.7 Å². The average Bonchev–Trinajstić information content (AvgIpc) is 3.13. The number of aryl methyl sites for hydroxylation is 3. The molecule has 1 heterocycles. The lowest BCUT2D eigenvalue weighted by Crippen LogP contribution is -2.20. The second-order valence-electron chi connectivity index (χ2n) is 8.50. The maximum absolute atomic E-state index is 10.1. The number of rotatable bonds is 3. The number of hydrogen-bond donors (Lipinski definition) is 2. The molecule has 2 N–H and O–H groups in total. The van der Waals surface area contributed by atoms with Gasteiger partial charge in [0.05, 0.1) is 29.5 Å². The number of nitrogens with zero attached hydrogens (tertiary/aromatic N) is 2. The normalized spacial score (nSPS) is 19.9. The number of nitrogens with one attached hydrogen (secondary N) is 1. The first-order valence-corrected chi connectivity index (χ1v) is 10.6. The molecule has 2 aliphatic carbocycles. The Morgan fingerprint density at radius 2 is 1.79 bits per heavy atom. The van der Waals surface area contributed by atoms with Gasteiger partial charge in [-0.05, 0) is 97.9 Å². The molecule has 2 atom stereocenters. The van der Waals surface area contributed by atoms with Crippen molar-refractivity contribution in [1.82, 2.24) is 9.55 Å². The Kier molecular flexibility index (Phi) is 4.39. The number of aromatic nitrogens is 2. The van der Waals surface area contributed by atoms with Gasteiger partial charge in [0.1, 0.15) is 0 Å².